The number of methoxy groups -OCH3 is 2. The van der Waals surface area contributed by atoms with E-state index in [1.165, 1.54) is 26.5 Å². The molecule has 3 N–H and O–H groups in total. The first-order valence-corrected chi connectivity index (χ1v) is 8.28. The van der Waals surface area contributed by atoms with Gasteiger partial charge in [0.05, 0.1) is 26.0 Å². The first-order valence-electron chi connectivity index (χ1n) is 8.28. The van der Waals surface area contributed by atoms with Gasteiger partial charge in [-0.3, -0.25) is 4.79 Å². The van der Waals surface area contributed by atoms with Crippen molar-refractivity contribution in [1.82, 2.24) is 14.6 Å². The van der Waals surface area contributed by atoms with E-state index in [1.807, 2.05) is 0 Å². The largest absolute Gasteiger partial charge is 0.504 e. The van der Waals surface area contributed by atoms with Crippen LogP contribution in [0.5, 0.6) is 17.2 Å². The van der Waals surface area contributed by atoms with Gasteiger partial charge in [-0.2, -0.15) is 5.10 Å². The summed E-state index contributed by atoms with van der Waals surface area (Å²) in [6.45, 7) is 0. The van der Waals surface area contributed by atoms with Crippen LogP contribution in [0.4, 0.5) is 0 Å². The number of nitrogens with one attached hydrogen (secondary N) is 2. The van der Waals surface area contributed by atoms with Gasteiger partial charge in [-0.25, -0.2) is 4.79 Å². The summed E-state index contributed by atoms with van der Waals surface area (Å²) in [6.07, 6.45) is 1.30. The number of ether oxygens (including phenoxy) is 2. The van der Waals surface area contributed by atoms with Gasteiger partial charge < -0.3 is 24.5 Å². The molecule has 9 heteroatoms. The number of phenolic OH excluding ortho intramolecular Hbond substituents is 1. The molecular weight excluding hydrogens is 364 g/mol. The van der Waals surface area contributed by atoms with E-state index in [4.69, 9.17) is 9.47 Å². The summed E-state index contributed by atoms with van der Waals surface area (Å²) in [5.74, 6) is 0.838. The van der Waals surface area contributed by atoms with Gasteiger partial charge in [0.2, 0.25) is 0 Å². The number of phenols is 1. The van der Waals surface area contributed by atoms with Crippen molar-refractivity contribution in [2.24, 2.45) is 5.10 Å². The number of hydrogen-bond donors (Lipinski definition) is 3. The van der Waals surface area contributed by atoms with Crippen LogP contribution in [0.3, 0.4) is 0 Å². The van der Waals surface area contributed by atoms with Crippen LogP contribution in [0.15, 0.2) is 51.1 Å². The van der Waals surface area contributed by atoms with Crippen molar-refractivity contribution in [2.75, 3.05) is 14.2 Å². The zero-order chi connectivity index (χ0) is 19.8. The van der Waals surface area contributed by atoms with Crippen LogP contribution in [0.25, 0.3) is 21.9 Å². The van der Waals surface area contributed by atoms with E-state index in [0.717, 1.165) is 4.68 Å². The average Bonchev–Trinajstić information content (AvgIpc) is 3.06. The minimum Gasteiger partial charge on any atom is -0.504 e. The van der Waals surface area contributed by atoms with Gasteiger partial charge in [0.15, 0.2) is 11.5 Å². The highest BCUT2D eigenvalue weighted by molar-refractivity contribution is 6.04. The molecule has 0 atom stereocenters. The Morgan fingerprint density at radius 2 is 1.86 bits per heavy atom. The third-order valence-corrected chi connectivity index (χ3v) is 4.36. The summed E-state index contributed by atoms with van der Waals surface area (Å²) in [7, 11) is 2.98. The van der Waals surface area contributed by atoms with Crippen molar-refractivity contribution in [1.29, 1.82) is 0 Å². The first-order chi connectivity index (χ1) is 13.5. The highest BCUT2D eigenvalue weighted by Crippen LogP contribution is 2.26. The number of fused-ring (bicyclic) bond motifs is 3. The summed E-state index contributed by atoms with van der Waals surface area (Å²) >= 11 is 0. The number of benzene rings is 2. The minimum atomic E-state index is -0.685. The van der Waals surface area contributed by atoms with Crippen molar-refractivity contribution in [3.63, 3.8) is 0 Å². The summed E-state index contributed by atoms with van der Waals surface area (Å²) < 4.78 is 10.9. The average molecular weight is 380 g/mol. The molecule has 0 fully saturated rings. The Kier molecular flexibility index (Phi) is 4.11. The van der Waals surface area contributed by atoms with E-state index >= 15 is 0 Å². The van der Waals surface area contributed by atoms with Gasteiger partial charge in [0, 0.05) is 10.9 Å². The van der Waals surface area contributed by atoms with Crippen LogP contribution in [0.1, 0.15) is 5.56 Å². The molecule has 0 radical (unpaired) electrons. The van der Waals surface area contributed by atoms with Crippen molar-refractivity contribution in [3.8, 4) is 17.2 Å². The SMILES string of the molecule is COc1ccc2[nH]c3c(=O)n(/N=C\c4ccc(OC)c(O)c4)c(=O)[nH]c3c2c1. The number of aromatic amines is 2. The molecule has 0 saturated heterocycles. The molecule has 0 aliphatic rings. The lowest BCUT2D eigenvalue weighted by Crippen LogP contribution is -2.32. The summed E-state index contributed by atoms with van der Waals surface area (Å²) in [4.78, 5) is 30.9. The third kappa shape index (κ3) is 2.78. The van der Waals surface area contributed by atoms with Crippen molar-refractivity contribution < 1.29 is 14.6 Å². The molecule has 4 rings (SSSR count). The highest BCUT2D eigenvalue weighted by Gasteiger charge is 2.13. The Morgan fingerprint density at radius 1 is 1.04 bits per heavy atom. The summed E-state index contributed by atoms with van der Waals surface area (Å²) in [5, 5.41) is 14.5. The second kappa shape index (κ2) is 6.62. The molecule has 0 bridgehead atoms. The summed E-state index contributed by atoms with van der Waals surface area (Å²) in [5.41, 5.74) is 0.504. The number of hydrogen-bond acceptors (Lipinski definition) is 6. The Balaban J connectivity index is 1.84. The molecule has 0 amide bonds. The molecule has 2 aromatic carbocycles. The van der Waals surface area contributed by atoms with Gasteiger partial charge in [0.1, 0.15) is 11.3 Å². The molecule has 28 heavy (non-hydrogen) atoms. The molecule has 0 aliphatic heterocycles. The summed E-state index contributed by atoms with van der Waals surface area (Å²) in [6, 6.07) is 9.85. The fraction of sp³-hybridized carbons (Fsp3) is 0.105. The third-order valence-electron chi connectivity index (χ3n) is 4.36. The van der Waals surface area contributed by atoms with E-state index in [9.17, 15) is 14.7 Å². The smallest absolute Gasteiger partial charge is 0.350 e. The fourth-order valence-corrected chi connectivity index (χ4v) is 2.96. The molecule has 0 aliphatic carbocycles. The maximum absolute atomic E-state index is 12.8. The van der Waals surface area contributed by atoms with E-state index < -0.39 is 11.2 Å². The van der Waals surface area contributed by atoms with Crippen molar-refractivity contribution >= 4 is 28.2 Å². The number of H-pyrrole nitrogens is 2. The lowest BCUT2D eigenvalue weighted by molar-refractivity contribution is 0.373. The fourth-order valence-electron chi connectivity index (χ4n) is 2.96. The predicted molar refractivity (Wildman–Crippen MR) is 105 cm³/mol. The van der Waals surface area contributed by atoms with Gasteiger partial charge in [-0.1, -0.05) is 0 Å². The quantitative estimate of drug-likeness (QED) is 0.466. The topological polar surface area (TPSA) is 122 Å². The van der Waals surface area contributed by atoms with Crippen molar-refractivity contribution in [2.45, 2.75) is 0 Å². The second-order valence-electron chi connectivity index (χ2n) is 6.01. The molecule has 4 aromatic rings. The van der Waals surface area contributed by atoms with E-state index in [-0.39, 0.29) is 11.3 Å². The Labute approximate surface area is 157 Å². The molecule has 2 aromatic heterocycles. The number of nitrogens with zero attached hydrogens (tertiary/aromatic N) is 2. The maximum Gasteiger partial charge on any atom is 0.350 e. The minimum absolute atomic E-state index is 0.0762. The molecule has 0 spiro atoms. The maximum atomic E-state index is 12.8. The molecular formula is C19H16N4O5. The van der Waals surface area contributed by atoms with Crippen LogP contribution < -0.4 is 20.7 Å². The Bertz CT molecular complexity index is 1350. The van der Waals surface area contributed by atoms with Crippen LogP contribution >= 0.6 is 0 Å². The number of aromatic nitrogens is 3. The predicted octanol–water partition coefficient (Wildman–Crippen LogP) is 1.78. The molecule has 0 unspecified atom stereocenters. The zero-order valence-electron chi connectivity index (χ0n) is 15.0. The normalized spacial score (nSPS) is 11.5. The Hall–Kier alpha value is -4.01. The second-order valence-corrected chi connectivity index (χ2v) is 6.01. The highest BCUT2D eigenvalue weighted by atomic mass is 16.5. The molecule has 0 saturated carbocycles. The number of aromatic hydroxyl groups is 1. The van der Waals surface area contributed by atoms with Gasteiger partial charge in [-0.15, -0.1) is 4.68 Å². The van der Waals surface area contributed by atoms with Gasteiger partial charge in [-0.05, 0) is 42.0 Å². The standard InChI is InChI=1S/C19H16N4O5/c1-27-11-4-5-13-12(8-11)16-17(21-13)18(25)23(19(26)22-16)20-9-10-3-6-15(28-2)14(24)7-10/h3-9,21,24H,1-2H3,(H,22,26)/b20-9-. The molecule has 9 nitrogen and oxygen atoms in total. The van der Waals surface area contributed by atoms with E-state index in [2.05, 4.69) is 15.1 Å². The zero-order valence-corrected chi connectivity index (χ0v) is 15.0. The number of rotatable bonds is 4. The van der Waals surface area contributed by atoms with Crippen LogP contribution in [0.2, 0.25) is 0 Å². The van der Waals surface area contributed by atoms with Gasteiger partial charge in [0.25, 0.3) is 0 Å². The molecule has 142 valence electrons. The first kappa shape index (κ1) is 17.4. The van der Waals surface area contributed by atoms with E-state index in [0.29, 0.717) is 33.5 Å². The van der Waals surface area contributed by atoms with Gasteiger partial charge >= 0.3 is 11.2 Å². The molecule has 2 heterocycles. The lowest BCUT2D eigenvalue weighted by Gasteiger charge is -2.03. The Morgan fingerprint density at radius 3 is 2.57 bits per heavy atom. The van der Waals surface area contributed by atoms with Crippen LogP contribution in [0, 0.1) is 0 Å². The van der Waals surface area contributed by atoms with Crippen LogP contribution in [-0.2, 0) is 0 Å². The van der Waals surface area contributed by atoms with Crippen molar-refractivity contribution in [3.05, 3.63) is 62.8 Å². The monoisotopic (exact) mass is 380 g/mol. The van der Waals surface area contributed by atoms with Crippen LogP contribution in [-0.4, -0.2) is 40.2 Å². The lowest BCUT2D eigenvalue weighted by atomic mass is 10.2. The van der Waals surface area contributed by atoms with E-state index in [1.54, 1.807) is 30.3 Å².